The van der Waals surface area contributed by atoms with Crippen LogP contribution in [0, 0.1) is 5.82 Å². The number of nitrogens with zero attached hydrogens (tertiary/aromatic N) is 2. The highest BCUT2D eigenvalue weighted by molar-refractivity contribution is 7.99. The summed E-state index contributed by atoms with van der Waals surface area (Å²) in [5.74, 6) is -0.131. The van der Waals surface area contributed by atoms with E-state index in [1.165, 1.54) is 40.7 Å². The Morgan fingerprint density at radius 1 is 1.33 bits per heavy atom. The number of halogens is 1. The summed E-state index contributed by atoms with van der Waals surface area (Å²) in [6, 6.07) is 5.31. The maximum absolute atomic E-state index is 12.8. The largest absolute Gasteiger partial charge is 0.339 e. The van der Waals surface area contributed by atoms with Gasteiger partial charge in [0.2, 0.25) is 0 Å². The zero-order valence-electron chi connectivity index (χ0n) is 11.1. The summed E-state index contributed by atoms with van der Waals surface area (Å²) in [7, 11) is 1.55. The fourth-order valence-electron chi connectivity index (χ4n) is 1.60. The van der Waals surface area contributed by atoms with E-state index in [-0.39, 0.29) is 12.2 Å². The van der Waals surface area contributed by atoms with Gasteiger partial charge in [-0.15, -0.1) is 0 Å². The molecule has 1 aromatic heterocycles. The van der Waals surface area contributed by atoms with Gasteiger partial charge in [0.25, 0.3) is 0 Å². The van der Waals surface area contributed by atoms with Crippen LogP contribution in [0.5, 0.6) is 0 Å². The normalized spacial score (nSPS) is 10.6. The Morgan fingerprint density at radius 3 is 2.67 bits per heavy atom. The number of carbonyl (C=O) groups is 1. The topological polar surface area (TPSA) is 84.8 Å². The molecule has 0 aliphatic rings. The molecule has 0 saturated heterocycles. The fourth-order valence-corrected chi connectivity index (χ4v) is 2.46. The molecule has 110 valence electrons. The van der Waals surface area contributed by atoms with Gasteiger partial charge in [0, 0.05) is 24.8 Å². The van der Waals surface area contributed by atoms with Crippen molar-refractivity contribution < 1.29 is 9.18 Å². The number of benzene rings is 1. The third-order valence-corrected chi connectivity index (χ3v) is 3.71. The number of rotatable bonds is 5. The van der Waals surface area contributed by atoms with Crippen LogP contribution in [0.15, 0.2) is 39.0 Å². The first kappa shape index (κ1) is 15.2. The molecule has 0 atom stereocenters. The minimum Gasteiger partial charge on any atom is -0.294 e. The minimum atomic E-state index is -0.861. The number of thioether (sulfide) groups is 1. The van der Waals surface area contributed by atoms with Crippen molar-refractivity contribution >= 4 is 17.5 Å². The van der Waals surface area contributed by atoms with Crippen molar-refractivity contribution in [2.24, 2.45) is 7.05 Å². The third-order valence-electron chi connectivity index (χ3n) is 2.67. The Bertz CT molecular complexity index is 767. The third kappa shape index (κ3) is 3.88. The quantitative estimate of drug-likeness (QED) is 0.505. The molecule has 6 nitrogen and oxygen atoms in total. The van der Waals surface area contributed by atoms with Gasteiger partial charge in [-0.05, 0) is 24.3 Å². The monoisotopic (exact) mass is 309 g/mol. The Hall–Kier alpha value is -2.22. The molecule has 0 unspecified atom stereocenters. The molecular formula is C13H12FN3O3S. The maximum atomic E-state index is 12.8. The first-order chi connectivity index (χ1) is 9.97. The molecule has 0 bridgehead atoms. The number of Topliss-reactive ketones (excluding diaryl/α,β-unsaturated/α-hetero) is 1. The van der Waals surface area contributed by atoms with Crippen molar-refractivity contribution in [2.75, 3.05) is 5.75 Å². The van der Waals surface area contributed by atoms with E-state index in [2.05, 4.69) is 10.1 Å². The fraction of sp³-hybridized carbons (Fsp3) is 0.231. The lowest BCUT2D eigenvalue weighted by atomic mass is 10.1. The van der Waals surface area contributed by atoms with Gasteiger partial charge in [0.05, 0.1) is 0 Å². The van der Waals surface area contributed by atoms with E-state index in [0.717, 1.165) is 0 Å². The van der Waals surface area contributed by atoms with Crippen LogP contribution < -0.4 is 11.1 Å². The van der Waals surface area contributed by atoms with Crippen molar-refractivity contribution in [1.29, 1.82) is 0 Å². The summed E-state index contributed by atoms with van der Waals surface area (Å²) >= 11 is 1.18. The van der Waals surface area contributed by atoms with Crippen molar-refractivity contribution in [1.82, 2.24) is 14.8 Å². The molecular weight excluding hydrogens is 297 g/mol. The lowest BCUT2D eigenvalue weighted by Gasteiger charge is -2.05. The second-order valence-electron chi connectivity index (χ2n) is 4.23. The highest BCUT2D eigenvalue weighted by Gasteiger charge is 2.09. The van der Waals surface area contributed by atoms with Crippen molar-refractivity contribution in [3.63, 3.8) is 0 Å². The van der Waals surface area contributed by atoms with E-state index in [4.69, 9.17) is 0 Å². The van der Waals surface area contributed by atoms with Crippen LogP contribution in [0.25, 0.3) is 0 Å². The minimum absolute atomic E-state index is 0.128. The predicted octanol–water partition coefficient (Wildman–Crippen LogP) is 0.973. The van der Waals surface area contributed by atoms with Gasteiger partial charge in [0.1, 0.15) is 5.82 Å². The highest BCUT2D eigenvalue weighted by Crippen LogP contribution is 2.14. The Morgan fingerprint density at radius 2 is 2.00 bits per heavy atom. The number of carbonyl (C=O) groups excluding carboxylic acids is 1. The lowest BCUT2D eigenvalue weighted by Crippen LogP contribution is -2.33. The molecule has 0 saturated carbocycles. The zero-order valence-corrected chi connectivity index (χ0v) is 11.9. The molecule has 0 spiro atoms. The van der Waals surface area contributed by atoms with Crippen LogP contribution in [0.1, 0.15) is 16.8 Å². The average molecular weight is 309 g/mol. The number of hydrogen-bond acceptors (Lipinski definition) is 5. The second kappa shape index (κ2) is 6.49. The zero-order chi connectivity index (χ0) is 15.4. The summed E-state index contributed by atoms with van der Waals surface area (Å²) < 4.78 is 14.1. The first-order valence-corrected chi connectivity index (χ1v) is 7.05. The molecule has 2 rings (SSSR count). The smallest absolute Gasteiger partial charge is 0.294 e. The van der Waals surface area contributed by atoms with E-state index >= 15 is 0 Å². The van der Waals surface area contributed by atoms with Gasteiger partial charge < -0.3 is 0 Å². The van der Waals surface area contributed by atoms with Crippen molar-refractivity contribution in [3.05, 3.63) is 56.4 Å². The molecule has 2 aromatic rings. The molecule has 1 heterocycles. The maximum Gasteiger partial charge on any atom is 0.339 e. The molecule has 8 heteroatoms. The van der Waals surface area contributed by atoms with Crippen LogP contribution in [0.4, 0.5) is 4.39 Å². The van der Waals surface area contributed by atoms with Gasteiger partial charge in [0.15, 0.2) is 10.9 Å². The summed E-state index contributed by atoms with van der Waals surface area (Å²) in [6.45, 7) is 0. The van der Waals surface area contributed by atoms with Gasteiger partial charge in [-0.1, -0.05) is 11.8 Å². The Kier molecular flexibility index (Phi) is 4.69. The van der Waals surface area contributed by atoms with Gasteiger partial charge in [-0.2, -0.15) is 4.98 Å². The van der Waals surface area contributed by atoms with E-state index in [0.29, 0.717) is 16.5 Å². The molecule has 21 heavy (non-hydrogen) atoms. The molecule has 0 aliphatic heterocycles. The second-order valence-corrected chi connectivity index (χ2v) is 5.29. The number of hydrogen-bond donors (Lipinski definition) is 1. The average Bonchev–Trinajstić information content (AvgIpc) is 2.45. The molecule has 1 N–H and O–H groups in total. The van der Waals surface area contributed by atoms with Crippen LogP contribution in [-0.4, -0.2) is 26.3 Å². The van der Waals surface area contributed by atoms with E-state index in [1.54, 1.807) is 7.05 Å². The SMILES string of the molecule is Cn1[nH]c(=O)c(=O)nc1SCCC(=O)c1ccc(F)cc1. The molecule has 1 aromatic carbocycles. The van der Waals surface area contributed by atoms with Crippen molar-refractivity contribution in [3.8, 4) is 0 Å². The van der Waals surface area contributed by atoms with Gasteiger partial charge in [-0.25, -0.2) is 4.39 Å². The van der Waals surface area contributed by atoms with Gasteiger partial charge in [-0.3, -0.25) is 24.2 Å². The first-order valence-electron chi connectivity index (χ1n) is 6.06. The van der Waals surface area contributed by atoms with Crippen LogP contribution in [0.2, 0.25) is 0 Å². The molecule has 0 amide bonds. The van der Waals surface area contributed by atoms with Crippen molar-refractivity contribution in [2.45, 2.75) is 11.6 Å². The van der Waals surface area contributed by atoms with E-state index in [9.17, 15) is 18.8 Å². The Labute approximate surface area is 123 Å². The Balaban J connectivity index is 1.97. The number of ketones is 1. The number of aromatic nitrogens is 3. The van der Waals surface area contributed by atoms with Crippen LogP contribution in [-0.2, 0) is 7.05 Å². The molecule has 0 radical (unpaired) electrons. The number of H-pyrrole nitrogens is 1. The number of nitrogens with one attached hydrogen (secondary N) is 1. The summed E-state index contributed by atoms with van der Waals surface area (Å²) in [5, 5.41) is 2.65. The van der Waals surface area contributed by atoms with E-state index < -0.39 is 16.9 Å². The van der Waals surface area contributed by atoms with Gasteiger partial charge >= 0.3 is 11.1 Å². The predicted molar refractivity (Wildman–Crippen MR) is 76.2 cm³/mol. The summed E-state index contributed by atoms with van der Waals surface area (Å²) in [4.78, 5) is 37.7. The van der Waals surface area contributed by atoms with Crippen LogP contribution in [0.3, 0.4) is 0 Å². The summed E-state index contributed by atoms with van der Waals surface area (Å²) in [6.07, 6.45) is 0.214. The van der Waals surface area contributed by atoms with E-state index in [1.807, 2.05) is 0 Å². The standard InChI is InChI=1S/C13H12FN3O3S/c1-17-13(15-11(19)12(20)16-17)21-7-6-10(18)8-2-4-9(14)5-3-8/h2-5H,6-7H2,1H3,(H,16,20). The number of aromatic amines is 1. The lowest BCUT2D eigenvalue weighted by molar-refractivity contribution is 0.0989. The number of aryl methyl sites for hydroxylation is 1. The highest BCUT2D eigenvalue weighted by atomic mass is 32.2. The molecule has 0 fully saturated rings. The summed E-state index contributed by atoms with van der Waals surface area (Å²) in [5.41, 5.74) is -1.22. The molecule has 0 aliphatic carbocycles. The van der Waals surface area contributed by atoms with Crippen LogP contribution >= 0.6 is 11.8 Å².